The zero-order valence-electron chi connectivity index (χ0n) is 11.7. The highest BCUT2D eigenvalue weighted by atomic mass is 79.9. The first-order chi connectivity index (χ1) is 9.60. The number of rotatable bonds is 5. The number of hydrogen-bond donors (Lipinski definition) is 0. The zero-order chi connectivity index (χ0) is 14.5. The summed E-state index contributed by atoms with van der Waals surface area (Å²) in [7, 11) is 0. The van der Waals surface area contributed by atoms with Gasteiger partial charge in [0.05, 0.1) is 4.47 Å². The van der Waals surface area contributed by atoms with E-state index < -0.39 is 0 Å². The van der Waals surface area contributed by atoms with Gasteiger partial charge in [0.25, 0.3) is 0 Å². The van der Waals surface area contributed by atoms with Crippen LogP contribution in [0.15, 0.2) is 46.9 Å². The van der Waals surface area contributed by atoms with E-state index in [9.17, 15) is 0 Å². The lowest BCUT2D eigenvalue weighted by Crippen LogP contribution is -1.97. The maximum absolute atomic E-state index is 5.86. The molecule has 0 aliphatic rings. The van der Waals surface area contributed by atoms with Crippen LogP contribution in [0, 0.1) is 0 Å². The molecule has 2 aromatic rings. The van der Waals surface area contributed by atoms with Crippen molar-refractivity contribution in [2.75, 3.05) is 0 Å². The molecule has 0 bridgehead atoms. The molecular weight excluding hydrogens is 380 g/mol. The van der Waals surface area contributed by atoms with Gasteiger partial charge in [-0.25, -0.2) is 0 Å². The SMILES string of the molecule is CC(C)c1ccc(COc2ccc(CBr)cc2Br)cc1. The molecule has 0 heterocycles. The van der Waals surface area contributed by atoms with E-state index in [1.165, 1.54) is 16.7 Å². The molecule has 0 N–H and O–H groups in total. The largest absolute Gasteiger partial charge is 0.488 e. The molecule has 0 unspecified atom stereocenters. The number of halogens is 2. The molecule has 0 aliphatic heterocycles. The van der Waals surface area contributed by atoms with Gasteiger partial charge in [-0.1, -0.05) is 60.1 Å². The van der Waals surface area contributed by atoms with Crippen LogP contribution < -0.4 is 4.74 Å². The predicted molar refractivity (Wildman–Crippen MR) is 91.6 cm³/mol. The second kappa shape index (κ2) is 7.28. The third-order valence-electron chi connectivity index (χ3n) is 3.19. The summed E-state index contributed by atoms with van der Waals surface area (Å²) in [6.07, 6.45) is 0. The van der Waals surface area contributed by atoms with Gasteiger partial charge in [0.1, 0.15) is 12.4 Å². The van der Waals surface area contributed by atoms with Gasteiger partial charge in [-0.3, -0.25) is 0 Å². The summed E-state index contributed by atoms with van der Waals surface area (Å²) in [6.45, 7) is 4.99. The Balaban J connectivity index is 2.01. The summed E-state index contributed by atoms with van der Waals surface area (Å²) in [5, 5.41) is 0.850. The van der Waals surface area contributed by atoms with Crippen LogP contribution in [-0.2, 0) is 11.9 Å². The van der Waals surface area contributed by atoms with Crippen molar-refractivity contribution in [2.24, 2.45) is 0 Å². The van der Waals surface area contributed by atoms with Crippen LogP contribution in [0.2, 0.25) is 0 Å². The third kappa shape index (κ3) is 4.10. The summed E-state index contributed by atoms with van der Waals surface area (Å²) in [5.41, 5.74) is 3.77. The maximum Gasteiger partial charge on any atom is 0.134 e. The van der Waals surface area contributed by atoms with Gasteiger partial charge in [-0.15, -0.1) is 0 Å². The summed E-state index contributed by atoms with van der Waals surface area (Å²) in [5.74, 6) is 1.44. The van der Waals surface area contributed by atoms with Crippen LogP contribution in [0.5, 0.6) is 5.75 Å². The first-order valence-corrected chi connectivity index (χ1v) is 8.57. The van der Waals surface area contributed by atoms with Crippen molar-refractivity contribution in [2.45, 2.75) is 31.7 Å². The standard InChI is InChI=1S/C17H18Br2O/c1-12(2)15-6-3-13(4-7-15)11-20-17-8-5-14(10-18)9-16(17)19/h3-9,12H,10-11H2,1-2H3. The number of hydrogen-bond acceptors (Lipinski definition) is 1. The average Bonchev–Trinajstić information content (AvgIpc) is 2.46. The molecule has 0 amide bonds. The fourth-order valence-electron chi connectivity index (χ4n) is 1.90. The van der Waals surface area contributed by atoms with Crippen LogP contribution in [0.1, 0.15) is 36.5 Å². The molecule has 0 saturated heterocycles. The van der Waals surface area contributed by atoms with Crippen molar-refractivity contribution in [3.05, 3.63) is 63.6 Å². The summed E-state index contributed by atoms with van der Waals surface area (Å²) in [4.78, 5) is 0. The molecule has 0 fully saturated rings. The Hall–Kier alpha value is -0.800. The van der Waals surface area contributed by atoms with Crippen LogP contribution in [0.25, 0.3) is 0 Å². The van der Waals surface area contributed by atoms with E-state index in [2.05, 4.69) is 82.1 Å². The Morgan fingerprint density at radius 3 is 2.20 bits per heavy atom. The Morgan fingerprint density at radius 2 is 1.65 bits per heavy atom. The summed E-state index contributed by atoms with van der Waals surface area (Å²) >= 11 is 6.99. The first-order valence-electron chi connectivity index (χ1n) is 6.66. The van der Waals surface area contributed by atoms with E-state index in [-0.39, 0.29) is 0 Å². The Morgan fingerprint density at radius 1 is 1.00 bits per heavy atom. The van der Waals surface area contributed by atoms with E-state index in [0.717, 1.165) is 15.6 Å². The second-order valence-electron chi connectivity index (χ2n) is 5.08. The van der Waals surface area contributed by atoms with E-state index in [4.69, 9.17) is 4.74 Å². The monoisotopic (exact) mass is 396 g/mol. The lowest BCUT2D eigenvalue weighted by atomic mass is 10.0. The van der Waals surface area contributed by atoms with Gasteiger partial charge in [-0.2, -0.15) is 0 Å². The van der Waals surface area contributed by atoms with Gasteiger partial charge in [0.2, 0.25) is 0 Å². The third-order valence-corrected chi connectivity index (χ3v) is 4.46. The fraction of sp³-hybridized carbons (Fsp3) is 0.294. The van der Waals surface area contributed by atoms with Crippen molar-refractivity contribution >= 4 is 31.9 Å². The van der Waals surface area contributed by atoms with Crippen molar-refractivity contribution in [1.82, 2.24) is 0 Å². The van der Waals surface area contributed by atoms with Crippen molar-refractivity contribution in [3.63, 3.8) is 0 Å². The molecule has 2 rings (SSSR count). The minimum absolute atomic E-state index is 0.566. The van der Waals surface area contributed by atoms with E-state index in [1.807, 2.05) is 6.07 Å². The highest BCUT2D eigenvalue weighted by molar-refractivity contribution is 9.10. The van der Waals surface area contributed by atoms with E-state index in [1.54, 1.807) is 0 Å². The van der Waals surface area contributed by atoms with Gasteiger partial charge in [0.15, 0.2) is 0 Å². The quantitative estimate of drug-likeness (QED) is 0.558. The molecule has 0 aromatic heterocycles. The van der Waals surface area contributed by atoms with E-state index in [0.29, 0.717) is 12.5 Å². The Kier molecular flexibility index (Phi) is 5.67. The van der Waals surface area contributed by atoms with Crippen LogP contribution >= 0.6 is 31.9 Å². The van der Waals surface area contributed by atoms with Crippen LogP contribution in [0.3, 0.4) is 0 Å². The van der Waals surface area contributed by atoms with E-state index >= 15 is 0 Å². The highest BCUT2D eigenvalue weighted by Crippen LogP contribution is 2.27. The first kappa shape index (κ1) is 15.6. The lowest BCUT2D eigenvalue weighted by Gasteiger charge is -2.10. The second-order valence-corrected chi connectivity index (χ2v) is 6.50. The molecule has 2 aromatic carbocycles. The fourth-order valence-corrected chi connectivity index (χ4v) is 2.79. The molecule has 0 spiro atoms. The minimum Gasteiger partial charge on any atom is -0.488 e. The number of alkyl halides is 1. The highest BCUT2D eigenvalue weighted by Gasteiger charge is 2.04. The van der Waals surface area contributed by atoms with Gasteiger partial charge in [-0.05, 0) is 50.7 Å². The zero-order valence-corrected chi connectivity index (χ0v) is 14.9. The van der Waals surface area contributed by atoms with Crippen LogP contribution in [-0.4, -0.2) is 0 Å². The normalized spacial score (nSPS) is 10.8. The predicted octanol–water partition coefficient (Wildman–Crippen LogP) is 6.05. The topological polar surface area (TPSA) is 9.23 Å². The van der Waals surface area contributed by atoms with Crippen molar-refractivity contribution < 1.29 is 4.74 Å². The summed E-state index contributed by atoms with van der Waals surface area (Å²) < 4.78 is 6.85. The van der Waals surface area contributed by atoms with Crippen molar-refractivity contribution in [1.29, 1.82) is 0 Å². The van der Waals surface area contributed by atoms with Gasteiger partial charge in [0, 0.05) is 5.33 Å². The van der Waals surface area contributed by atoms with Gasteiger partial charge < -0.3 is 4.74 Å². The summed E-state index contributed by atoms with van der Waals surface area (Å²) in [6, 6.07) is 14.8. The van der Waals surface area contributed by atoms with Crippen LogP contribution in [0.4, 0.5) is 0 Å². The molecule has 1 nitrogen and oxygen atoms in total. The maximum atomic E-state index is 5.86. The smallest absolute Gasteiger partial charge is 0.134 e. The lowest BCUT2D eigenvalue weighted by molar-refractivity contribution is 0.304. The molecular formula is C17H18Br2O. The molecule has 0 aliphatic carbocycles. The molecule has 106 valence electrons. The van der Waals surface area contributed by atoms with Gasteiger partial charge >= 0.3 is 0 Å². The molecule has 0 atom stereocenters. The van der Waals surface area contributed by atoms with Crippen molar-refractivity contribution in [3.8, 4) is 5.75 Å². The Bertz CT molecular complexity index is 562. The average molecular weight is 398 g/mol. The number of benzene rings is 2. The molecule has 20 heavy (non-hydrogen) atoms. The Labute approximate surface area is 137 Å². The minimum atomic E-state index is 0.566. The molecule has 0 radical (unpaired) electrons. The molecule has 3 heteroatoms. The molecule has 0 saturated carbocycles. The number of ether oxygens (including phenoxy) is 1.